The first-order chi connectivity index (χ1) is 26.0. The summed E-state index contributed by atoms with van der Waals surface area (Å²) in [6.45, 7) is 4.77. The molecule has 0 atom stereocenters. The molecule has 11 rings (SSSR count). The molecule has 0 saturated carbocycles. The summed E-state index contributed by atoms with van der Waals surface area (Å²) in [4.78, 5) is 0. The third-order valence-corrected chi connectivity index (χ3v) is 11.7. The van der Waals surface area contributed by atoms with Gasteiger partial charge in [0, 0.05) is 38.3 Å². The third-order valence-electron chi connectivity index (χ3n) is 11.7. The molecule has 1 aliphatic carbocycles. The highest BCUT2D eigenvalue weighted by atomic mass is 15.0. The van der Waals surface area contributed by atoms with Crippen molar-refractivity contribution in [3.8, 4) is 44.8 Å². The second-order valence-corrected chi connectivity index (χ2v) is 15.0. The standard InChI is InChI=1S/C51H36N2/c1-51(2)45-30-36(33-14-6-3-7-15-33)22-25-39(45)41-31-44-43-29-35(24-27-49(43)53(50(44)32-46(41)51)38-18-10-5-11-19-38)34-23-26-48-42(28-34)40-20-12-13-21-47(40)52(48)37-16-8-4-9-17-37/h3-32H,1-2H3. The van der Waals surface area contributed by atoms with Gasteiger partial charge in [-0.2, -0.15) is 0 Å². The molecule has 8 aromatic carbocycles. The number of aromatic nitrogens is 2. The summed E-state index contributed by atoms with van der Waals surface area (Å²) in [5.41, 5.74) is 17.5. The lowest BCUT2D eigenvalue weighted by molar-refractivity contribution is 0.661. The van der Waals surface area contributed by atoms with Gasteiger partial charge in [-0.3, -0.25) is 0 Å². The first-order valence-electron chi connectivity index (χ1n) is 18.5. The van der Waals surface area contributed by atoms with Gasteiger partial charge in [-0.15, -0.1) is 0 Å². The van der Waals surface area contributed by atoms with Crippen molar-refractivity contribution in [3.05, 3.63) is 193 Å². The molecule has 0 N–H and O–H groups in total. The molecule has 0 fully saturated rings. The van der Waals surface area contributed by atoms with E-state index in [9.17, 15) is 0 Å². The van der Waals surface area contributed by atoms with Crippen LogP contribution >= 0.6 is 0 Å². The van der Waals surface area contributed by atoms with Gasteiger partial charge >= 0.3 is 0 Å². The highest BCUT2D eigenvalue weighted by Crippen LogP contribution is 2.52. The lowest BCUT2D eigenvalue weighted by Gasteiger charge is -2.22. The second-order valence-electron chi connectivity index (χ2n) is 15.0. The summed E-state index contributed by atoms with van der Waals surface area (Å²) in [7, 11) is 0. The van der Waals surface area contributed by atoms with Crippen molar-refractivity contribution in [1.29, 1.82) is 0 Å². The lowest BCUT2D eigenvalue weighted by Crippen LogP contribution is -2.15. The van der Waals surface area contributed by atoms with E-state index >= 15 is 0 Å². The molecule has 2 heteroatoms. The van der Waals surface area contributed by atoms with E-state index in [0.29, 0.717) is 0 Å². The molecular formula is C51H36N2. The topological polar surface area (TPSA) is 9.86 Å². The Morgan fingerprint density at radius 2 is 0.792 bits per heavy atom. The SMILES string of the molecule is CC1(C)c2cc(-c3ccccc3)ccc2-c2cc3c4cc(-c5ccc6c(c5)c5ccccc5n6-c5ccccc5)ccc4n(-c4ccccc4)c3cc21. The number of hydrogen-bond acceptors (Lipinski definition) is 0. The fourth-order valence-electron chi connectivity index (χ4n) is 9.10. The van der Waals surface area contributed by atoms with E-state index in [4.69, 9.17) is 0 Å². The fourth-order valence-corrected chi connectivity index (χ4v) is 9.10. The van der Waals surface area contributed by atoms with Crippen LogP contribution in [-0.4, -0.2) is 9.13 Å². The van der Waals surface area contributed by atoms with E-state index in [0.717, 1.165) is 0 Å². The van der Waals surface area contributed by atoms with Crippen molar-refractivity contribution >= 4 is 43.6 Å². The smallest absolute Gasteiger partial charge is 0.0544 e. The van der Waals surface area contributed by atoms with Gasteiger partial charge in [0.1, 0.15) is 0 Å². The van der Waals surface area contributed by atoms with Crippen molar-refractivity contribution < 1.29 is 0 Å². The van der Waals surface area contributed by atoms with Gasteiger partial charge in [0.05, 0.1) is 22.1 Å². The Labute approximate surface area is 308 Å². The Morgan fingerprint density at radius 1 is 0.321 bits per heavy atom. The molecule has 0 saturated heterocycles. The van der Waals surface area contributed by atoms with Gasteiger partial charge in [0.15, 0.2) is 0 Å². The number of rotatable bonds is 4. The van der Waals surface area contributed by atoms with Crippen LogP contribution in [0, 0.1) is 0 Å². The number of hydrogen-bond donors (Lipinski definition) is 0. The monoisotopic (exact) mass is 676 g/mol. The van der Waals surface area contributed by atoms with Crippen LogP contribution < -0.4 is 0 Å². The molecule has 0 spiro atoms. The minimum atomic E-state index is -0.138. The van der Waals surface area contributed by atoms with Gasteiger partial charge in [-0.25, -0.2) is 0 Å². The number of para-hydroxylation sites is 3. The molecular weight excluding hydrogens is 641 g/mol. The van der Waals surface area contributed by atoms with Crippen LogP contribution in [0.25, 0.3) is 88.4 Å². The van der Waals surface area contributed by atoms with Gasteiger partial charge in [-0.05, 0) is 117 Å². The third kappa shape index (κ3) is 4.39. The lowest BCUT2D eigenvalue weighted by atomic mass is 9.81. The molecule has 2 aromatic heterocycles. The summed E-state index contributed by atoms with van der Waals surface area (Å²) < 4.78 is 4.84. The molecule has 250 valence electrons. The summed E-state index contributed by atoms with van der Waals surface area (Å²) in [6, 6.07) is 67.0. The van der Waals surface area contributed by atoms with Gasteiger partial charge < -0.3 is 9.13 Å². The minimum absolute atomic E-state index is 0.138. The van der Waals surface area contributed by atoms with Crippen LogP contribution in [0.3, 0.4) is 0 Å². The Hall–Kier alpha value is -6.64. The van der Waals surface area contributed by atoms with E-state index in [1.807, 2.05) is 0 Å². The largest absolute Gasteiger partial charge is 0.309 e. The van der Waals surface area contributed by atoms with Crippen molar-refractivity contribution in [2.24, 2.45) is 0 Å². The van der Waals surface area contributed by atoms with E-state index in [1.54, 1.807) is 0 Å². The first kappa shape index (κ1) is 30.0. The van der Waals surface area contributed by atoms with Crippen molar-refractivity contribution in [2.75, 3.05) is 0 Å². The van der Waals surface area contributed by atoms with Crippen molar-refractivity contribution in [2.45, 2.75) is 19.3 Å². The zero-order valence-corrected chi connectivity index (χ0v) is 29.7. The molecule has 0 amide bonds. The maximum absolute atomic E-state index is 2.48. The maximum atomic E-state index is 2.48. The average Bonchev–Trinajstić information content (AvgIpc) is 3.80. The highest BCUT2D eigenvalue weighted by Gasteiger charge is 2.36. The van der Waals surface area contributed by atoms with Crippen LogP contribution in [0.5, 0.6) is 0 Å². The maximum Gasteiger partial charge on any atom is 0.0544 e. The summed E-state index contributed by atoms with van der Waals surface area (Å²) >= 11 is 0. The zero-order valence-electron chi connectivity index (χ0n) is 29.7. The van der Waals surface area contributed by atoms with Crippen LogP contribution in [-0.2, 0) is 5.41 Å². The Bertz CT molecular complexity index is 3050. The average molecular weight is 677 g/mol. The van der Waals surface area contributed by atoms with Crippen molar-refractivity contribution in [1.82, 2.24) is 9.13 Å². The van der Waals surface area contributed by atoms with E-state index in [-0.39, 0.29) is 5.41 Å². The Morgan fingerprint density at radius 3 is 1.45 bits per heavy atom. The van der Waals surface area contributed by atoms with Crippen LogP contribution in [0.1, 0.15) is 25.0 Å². The second kappa shape index (κ2) is 11.2. The molecule has 0 radical (unpaired) electrons. The number of fused-ring (bicyclic) bond motifs is 9. The van der Waals surface area contributed by atoms with Crippen LogP contribution in [0.4, 0.5) is 0 Å². The number of benzene rings is 8. The minimum Gasteiger partial charge on any atom is -0.309 e. The van der Waals surface area contributed by atoms with E-state index in [1.165, 1.54) is 99.5 Å². The van der Waals surface area contributed by atoms with E-state index in [2.05, 4.69) is 205 Å². The molecule has 53 heavy (non-hydrogen) atoms. The van der Waals surface area contributed by atoms with Gasteiger partial charge in [0.2, 0.25) is 0 Å². The molecule has 1 aliphatic rings. The molecule has 0 bridgehead atoms. The number of nitrogens with zero attached hydrogens (tertiary/aromatic N) is 2. The van der Waals surface area contributed by atoms with Gasteiger partial charge in [0.25, 0.3) is 0 Å². The van der Waals surface area contributed by atoms with Gasteiger partial charge in [-0.1, -0.05) is 123 Å². The summed E-state index contributed by atoms with van der Waals surface area (Å²) in [6.07, 6.45) is 0. The highest BCUT2D eigenvalue weighted by molar-refractivity contribution is 6.14. The molecule has 2 nitrogen and oxygen atoms in total. The summed E-state index contributed by atoms with van der Waals surface area (Å²) in [5, 5.41) is 5.08. The molecule has 2 heterocycles. The Balaban J connectivity index is 1.13. The van der Waals surface area contributed by atoms with Crippen molar-refractivity contribution in [3.63, 3.8) is 0 Å². The quantitative estimate of drug-likeness (QED) is 0.176. The fraction of sp³-hybridized carbons (Fsp3) is 0.0588. The predicted octanol–water partition coefficient (Wildman–Crippen LogP) is 13.5. The molecule has 10 aromatic rings. The Kier molecular flexibility index (Phi) is 6.33. The summed E-state index contributed by atoms with van der Waals surface area (Å²) in [5.74, 6) is 0. The molecule has 0 unspecified atom stereocenters. The first-order valence-corrected chi connectivity index (χ1v) is 18.5. The zero-order chi connectivity index (χ0) is 35.3. The predicted molar refractivity (Wildman–Crippen MR) is 224 cm³/mol. The van der Waals surface area contributed by atoms with E-state index < -0.39 is 0 Å². The normalized spacial score (nSPS) is 13.2. The van der Waals surface area contributed by atoms with Crippen LogP contribution in [0.2, 0.25) is 0 Å². The van der Waals surface area contributed by atoms with Crippen LogP contribution in [0.15, 0.2) is 182 Å². The molecule has 0 aliphatic heterocycles.